The molecule has 0 heterocycles. The van der Waals surface area contributed by atoms with Gasteiger partial charge in [0, 0.05) is 26.2 Å². The Bertz CT molecular complexity index is 300. The topological polar surface area (TPSA) is 81.7 Å². The van der Waals surface area contributed by atoms with E-state index in [1.807, 2.05) is 27.8 Å². The van der Waals surface area contributed by atoms with Crippen molar-refractivity contribution in [3.05, 3.63) is 0 Å². The number of aliphatic carboxylic acids is 1. The normalized spacial score (nSPS) is 12.9. The van der Waals surface area contributed by atoms with E-state index < -0.39 is 5.97 Å². The maximum Gasteiger partial charge on any atom is 0.317 e. The third-order valence-electron chi connectivity index (χ3n) is 2.65. The molecule has 0 aromatic carbocycles. The summed E-state index contributed by atoms with van der Waals surface area (Å²) in [5, 5.41) is 14.7. The van der Waals surface area contributed by atoms with Crippen LogP contribution in [-0.4, -0.2) is 55.2 Å². The summed E-state index contributed by atoms with van der Waals surface area (Å²) in [4.78, 5) is 24.3. The Kier molecular flexibility index (Phi) is 7.44. The summed E-state index contributed by atoms with van der Waals surface area (Å²) < 4.78 is 0. The van der Waals surface area contributed by atoms with Crippen molar-refractivity contribution < 1.29 is 14.7 Å². The number of hydrogen-bond acceptors (Lipinski definition) is 3. The molecule has 0 aliphatic heterocycles. The molecule has 0 saturated carbocycles. The fourth-order valence-corrected chi connectivity index (χ4v) is 1.79. The van der Waals surface area contributed by atoms with E-state index in [1.54, 1.807) is 11.9 Å². The summed E-state index contributed by atoms with van der Waals surface area (Å²) in [7, 11) is 3.51. The van der Waals surface area contributed by atoms with E-state index in [0.29, 0.717) is 19.5 Å². The Labute approximate surface area is 115 Å². The maximum atomic E-state index is 11.9. The molecule has 2 amide bonds. The van der Waals surface area contributed by atoms with Gasteiger partial charge in [0.25, 0.3) is 0 Å². The van der Waals surface area contributed by atoms with Gasteiger partial charge in [-0.1, -0.05) is 20.8 Å². The number of carboxylic acids is 1. The van der Waals surface area contributed by atoms with Gasteiger partial charge in [-0.05, 0) is 18.9 Å². The first-order valence-electron chi connectivity index (χ1n) is 6.53. The van der Waals surface area contributed by atoms with Gasteiger partial charge in [-0.3, -0.25) is 4.79 Å². The first kappa shape index (κ1) is 17.7. The molecule has 0 spiro atoms. The van der Waals surface area contributed by atoms with E-state index in [4.69, 9.17) is 5.11 Å². The van der Waals surface area contributed by atoms with Crippen LogP contribution in [0.3, 0.4) is 0 Å². The van der Waals surface area contributed by atoms with Gasteiger partial charge in [-0.15, -0.1) is 0 Å². The van der Waals surface area contributed by atoms with Gasteiger partial charge in [0.2, 0.25) is 0 Å². The number of likely N-dealkylation sites (N-methyl/N-ethyl adjacent to an activating group) is 2. The number of rotatable bonds is 7. The average molecular weight is 273 g/mol. The second-order valence-electron chi connectivity index (χ2n) is 6.03. The molecule has 0 rings (SSSR count). The van der Waals surface area contributed by atoms with Gasteiger partial charge in [0.15, 0.2) is 0 Å². The molecule has 0 aromatic rings. The second-order valence-corrected chi connectivity index (χ2v) is 6.03. The smallest absolute Gasteiger partial charge is 0.317 e. The van der Waals surface area contributed by atoms with E-state index in [9.17, 15) is 9.59 Å². The molecule has 0 aliphatic rings. The third kappa shape index (κ3) is 9.30. The van der Waals surface area contributed by atoms with Crippen molar-refractivity contribution in [3.8, 4) is 0 Å². The molecule has 0 aliphatic carbocycles. The molecule has 0 radical (unpaired) electrons. The van der Waals surface area contributed by atoms with E-state index in [2.05, 4.69) is 10.6 Å². The molecule has 6 heteroatoms. The average Bonchev–Trinajstić information content (AvgIpc) is 2.22. The van der Waals surface area contributed by atoms with E-state index in [1.165, 1.54) is 0 Å². The van der Waals surface area contributed by atoms with E-state index >= 15 is 0 Å². The first-order chi connectivity index (χ1) is 8.65. The predicted molar refractivity (Wildman–Crippen MR) is 75.2 cm³/mol. The van der Waals surface area contributed by atoms with Crippen molar-refractivity contribution in [2.45, 2.75) is 39.7 Å². The monoisotopic (exact) mass is 273 g/mol. The molecular formula is C13H27N3O3. The first-order valence-corrected chi connectivity index (χ1v) is 6.53. The summed E-state index contributed by atoms with van der Waals surface area (Å²) in [5.41, 5.74) is -0.0308. The fourth-order valence-electron chi connectivity index (χ4n) is 1.79. The molecule has 0 aromatic heterocycles. The Balaban J connectivity index is 4.45. The summed E-state index contributed by atoms with van der Waals surface area (Å²) in [6.07, 6.45) is 0.577. The molecule has 1 atom stereocenters. The summed E-state index contributed by atoms with van der Waals surface area (Å²) >= 11 is 0. The number of nitrogens with one attached hydrogen (secondary N) is 2. The highest BCUT2D eigenvalue weighted by atomic mass is 16.4. The molecule has 1 unspecified atom stereocenters. The predicted octanol–water partition coefficient (Wildman–Crippen LogP) is 1.13. The van der Waals surface area contributed by atoms with Crippen LogP contribution in [-0.2, 0) is 4.79 Å². The molecule has 0 saturated heterocycles. The van der Waals surface area contributed by atoms with Gasteiger partial charge in [-0.2, -0.15) is 0 Å². The molecule has 19 heavy (non-hydrogen) atoms. The van der Waals surface area contributed by atoms with Crippen LogP contribution in [0.5, 0.6) is 0 Å². The zero-order chi connectivity index (χ0) is 15.1. The summed E-state index contributed by atoms with van der Waals surface area (Å²) in [6.45, 7) is 7.36. The van der Waals surface area contributed by atoms with Crippen molar-refractivity contribution in [2.24, 2.45) is 5.41 Å². The lowest BCUT2D eigenvalue weighted by molar-refractivity contribution is -0.137. The van der Waals surface area contributed by atoms with Crippen LogP contribution in [0, 0.1) is 5.41 Å². The van der Waals surface area contributed by atoms with Crippen molar-refractivity contribution >= 4 is 12.0 Å². The lowest BCUT2D eigenvalue weighted by Crippen LogP contribution is -2.46. The van der Waals surface area contributed by atoms with Crippen molar-refractivity contribution in [3.63, 3.8) is 0 Å². The quantitative estimate of drug-likeness (QED) is 0.649. The van der Waals surface area contributed by atoms with Crippen LogP contribution >= 0.6 is 0 Å². The zero-order valence-corrected chi connectivity index (χ0v) is 12.6. The lowest BCUT2D eigenvalue weighted by Gasteiger charge is -2.28. The highest BCUT2D eigenvalue weighted by molar-refractivity contribution is 5.75. The van der Waals surface area contributed by atoms with Gasteiger partial charge < -0.3 is 20.6 Å². The number of carboxylic acid groups (broad SMARTS) is 1. The SMILES string of the molecule is CNCCN(C)C(=O)NC(CC(=O)O)CC(C)(C)C. The maximum absolute atomic E-state index is 11.9. The number of carbonyl (C=O) groups is 2. The summed E-state index contributed by atoms with van der Waals surface area (Å²) in [5.74, 6) is -0.896. The number of nitrogens with zero attached hydrogens (tertiary/aromatic N) is 1. The number of amides is 2. The van der Waals surface area contributed by atoms with Crippen molar-refractivity contribution in [2.75, 3.05) is 27.2 Å². The van der Waals surface area contributed by atoms with Gasteiger partial charge >= 0.3 is 12.0 Å². The van der Waals surface area contributed by atoms with Crippen LogP contribution in [0.15, 0.2) is 0 Å². The second kappa shape index (κ2) is 7.99. The Morgan fingerprint density at radius 1 is 1.32 bits per heavy atom. The fraction of sp³-hybridized carbons (Fsp3) is 0.846. The van der Waals surface area contributed by atoms with Crippen LogP contribution in [0.1, 0.15) is 33.6 Å². The van der Waals surface area contributed by atoms with Crippen LogP contribution in [0.4, 0.5) is 4.79 Å². The minimum atomic E-state index is -0.896. The highest BCUT2D eigenvalue weighted by Crippen LogP contribution is 2.22. The van der Waals surface area contributed by atoms with Crippen LogP contribution in [0.25, 0.3) is 0 Å². The van der Waals surface area contributed by atoms with Gasteiger partial charge in [0.1, 0.15) is 0 Å². The standard InChI is InChI=1S/C13H27N3O3/c1-13(2,3)9-10(8-11(17)18)15-12(19)16(5)7-6-14-4/h10,14H,6-9H2,1-5H3,(H,15,19)(H,17,18). The molecule has 0 bridgehead atoms. The number of urea groups is 1. The molecule has 0 fully saturated rings. The highest BCUT2D eigenvalue weighted by Gasteiger charge is 2.23. The Morgan fingerprint density at radius 2 is 1.89 bits per heavy atom. The van der Waals surface area contributed by atoms with Crippen molar-refractivity contribution in [1.29, 1.82) is 0 Å². The molecular weight excluding hydrogens is 246 g/mol. The van der Waals surface area contributed by atoms with Crippen LogP contribution in [0.2, 0.25) is 0 Å². The van der Waals surface area contributed by atoms with Crippen molar-refractivity contribution in [1.82, 2.24) is 15.5 Å². The van der Waals surface area contributed by atoms with E-state index in [0.717, 1.165) is 0 Å². The minimum absolute atomic E-state index is 0.0308. The van der Waals surface area contributed by atoms with Crippen LogP contribution < -0.4 is 10.6 Å². The Hall–Kier alpha value is -1.30. The van der Waals surface area contributed by atoms with Gasteiger partial charge in [0.05, 0.1) is 6.42 Å². The number of hydrogen-bond donors (Lipinski definition) is 3. The molecule has 3 N–H and O–H groups in total. The largest absolute Gasteiger partial charge is 0.481 e. The number of carbonyl (C=O) groups excluding carboxylic acids is 1. The zero-order valence-electron chi connectivity index (χ0n) is 12.6. The summed E-state index contributed by atoms with van der Waals surface area (Å²) in [6, 6.07) is -0.576. The Morgan fingerprint density at radius 3 is 2.32 bits per heavy atom. The molecule has 112 valence electrons. The molecule has 6 nitrogen and oxygen atoms in total. The van der Waals surface area contributed by atoms with Gasteiger partial charge in [-0.25, -0.2) is 4.79 Å². The van der Waals surface area contributed by atoms with E-state index in [-0.39, 0.29) is 23.9 Å². The minimum Gasteiger partial charge on any atom is -0.481 e. The lowest BCUT2D eigenvalue weighted by atomic mass is 9.87. The third-order valence-corrected chi connectivity index (χ3v) is 2.65.